The van der Waals surface area contributed by atoms with E-state index in [4.69, 9.17) is 9.84 Å². The van der Waals surface area contributed by atoms with E-state index in [1.54, 1.807) is 18.2 Å². The number of rotatable bonds is 6. The van der Waals surface area contributed by atoms with Gasteiger partial charge in [0.15, 0.2) is 0 Å². The van der Waals surface area contributed by atoms with Crippen LogP contribution in [0.2, 0.25) is 0 Å². The molecular formula is C13H18N2O4S. The molecule has 0 amide bonds. The van der Waals surface area contributed by atoms with Crippen molar-refractivity contribution >= 4 is 15.9 Å². The Hall–Kier alpha value is -1.59. The van der Waals surface area contributed by atoms with Crippen LogP contribution in [0.3, 0.4) is 0 Å². The zero-order valence-corrected chi connectivity index (χ0v) is 12.3. The zero-order chi connectivity index (χ0) is 15.0. The third kappa shape index (κ3) is 5.59. The lowest BCUT2D eigenvalue weighted by Gasteiger charge is -2.10. The highest BCUT2D eigenvalue weighted by atomic mass is 32.2. The molecule has 0 bridgehead atoms. The van der Waals surface area contributed by atoms with Crippen LogP contribution in [0.5, 0.6) is 0 Å². The molecule has 1 rings (SSSR count). The number of aryl methyl sites for hydroxylation is 1. The number of aliphatic hydroxyl groups is 1. The highest BCUT2D eigenvalue weighted by Gasteiger charge is 2.09. The van der Waals surface area contributed by atoms with E-state index < -0.39 is 10.2 Å². The Labute approximate surface area is 119 Å². The molecule has 6 nitrogen and oxygen atoms in total. The highest BCUT2D eigenvalue weighted by Crippen LogP contribution is 2.15. The molecular weight excluding hydrogens is 280 g/mol. The summed E-state index contributed by atoms with van der Waals surface area (Å²) in [4.78, 5) is 0. The number of hydrogen-bond donors (Lipinski definition) is 3. The summed E-state index contributed by atoms with van der Waals surface area (Å²) in [5.74, 6) is 5.30. The van der Waals surface area contributed by atoms with E-state index >= 15 is 0 Å². The van der Waals surface area contributed by atoms with Crippen molar-refractivity contribution in [1.29, 1.82) is 0 Å². The SMILES string of the molecule is COCCNS(=O)(=O)Nc1ccc(C)c(C#CCO)c1. The summed E-state index contributed by atoms with van der Waals surface area (Å²) < 4.78 is 33.0. The lowest BCUT2D eigenvalue weighted by atomic mass is 10.1. The minimum atomic E-state index is -3.63. The molecule has 0 aliphatic heterocycles. The molecule has 0 fully saturated rings. The lowest BCUT2D eigenvalue weighted by molar-refractivity contribution is 0.204. The Morgan fingerprint density at radius 1 is 1.40 bits per heavy atom. The molecule has 110 valence electrons. The highest BCUT2D eigenvalue weighted by molar-refractivity contribution is 7.90. The van der Waals surface area contributed by atoms with Crippen molar-refractivity contribution in [3.05, 3.63) is 29.3 Å². The van der Waals surface area contributed by atoms with Crippen LogP contribution >= 0.6 is 0 Å². The van der Waals surface area contributed by atoms with Gasteiger partial charge in [-0.1, -0.05) is 17.9 Å². The topological polar surface area (TPSA) is 87.7 Å². The molecule has 0 aliphatic rings. The number of methoxy groups -OCH3 is 1. The second-order valence-electron chi connectivity index (χ2n) is 3.98. The molecule has 3 N–H and O–H groups in total. The van der Waals surface area contributed by atoms with Crippen molar-refractivity contribution in [3.63, 3.8) is 0 Å². The van der Waals surface area contributed by atoms with Gasteiger partial charge in [0.1, 0.15) is 6.61 Å². The molecule has 1 aromatic carbocycles. The first-order valence-corrected chi connectivity index (χ1v) is 7.43. The van der Waals surface area contributed by atoms with Gasteiger partial charge in [0.05, 0.1) is 12.3 Å². The molecule has 1 aromatic rings. The zero-order valence-electron chi connectivity index (χ0n) is 11.4. The molecule has 7 heteroatoms. The normalized spacial score (nSPS) is 10.8. The fraction of sp³-hybridized carbons (Fsp3) is 0.385. The fourth-order valence-electron chi connectivity index (χ4n) is 1.42. The van der Waals surface area contributed by atoms with E-state index in [1.807, 2.05) is 6.92 Å². The van der Waals surface area contributed by atoms with Crippen molar-refractivity contribution in [2.75, 3.05) is 31.6 Å². The fourth-order valence-corrected chi connectivity index (χ4v) is 2.29. The standard InChI is InChI=1S/C13H18N2O4S/c1-11-5-6-13(10-12(11)4-3-8-16)15-20(17,18)14-7-9-19-2/h5-6,10,14-16H,7-9H2,1-2H3. The molecule has 0 atom stereocenters. The summed E-state index contributed by atoms with van der Waals surface area (Å²) in [5.41, 5.74) is 1.97. The van der Waals surface area contributed by atoms with Gasteiger partial charge in [-0.15, -0.1) is 0 Å². The number of aliphatic hydroxyl groups excluding tert-OH is 1. The van der Waals surface area contributed by atoms with Crippen molar-refractivity contribution < 1.29 is 18.3 Å². The van der Waals surface area contributed by atoms with Crippen molar-refractivity contribution in [3.8, 4) is 11.8 Å². The molecule has 0 radical (unpaired) electrons. The van der Waals surface area contributed by atoms with Crippen LogP contribution in [0.15, 0.2) is 18.2 Å². The van der Waals surface area contributed by atoms with Gasteiger partial charge in [0.25, 0.3) is 10.2 Å². The van der Waals surface area contributed by atoms with E-state index in [0.29, 0.717) is 17.9 Å². The van der Waals surface area contributed by atoms with Gasteiger partial charge in [0, 0.05) is 19.2 Å². The summed E-state index contributed by atoms with van der Waals surface area (Å²) in [6.07, 6.45) is 0. The maximum atomic E-state index is 11.7. The predicted octanol–water partition coefficient (Wildman–Crippen LogP) is 0.232. The summed E-state index contributed by atoms with van der Waals surface area (Å²) in [6.45, 7) is 2.10. The quantitative estimate of drug-likeness (QED) is 0.518. The lowest BCUT2D eigenvalue weighted by Crippen LogP contribution is -2.32. The van der Waals surface area contributed by atoms with Gasteiger partial charge < -0.3 is 9.84 Å². The number of benzene rings is 1. The molecule has 0 saturated heterocycles. The number of nitrogens with one attached hydrogen (secondary N) is 2. The van der Waals surface area contributed by atoms with Crippen molar-refractivity contribution in [2.45, 2.75) is 6.92 Å². The van der Waals surface area contributed by atoms with E-state index in [1.165, 1.54) is 7.11 Å². The Kier molecular flexibility index (Phi) is 6.48. The first-order chi connectivity index (χ1) is 9.48. The van der Waals surface area contributed by atoms with E-state index in [2.05, 4.69) is 21.3 Å². The van der Waals surface area contributed by atoms with Crippen LogP contribution in [0.1, 0.15) is 11.1 Å². The third-order valence-corrected chi connectivity index (χ3v) is 3.48. The molecule has 0 aromatic heterocycles. The summed E-state index contributed by atoms with van der Waals surface area (Å²) in [6, 6.07) is 5.02. The smallest absolute Gasteiger partial charge is 0.299 e. The first kappa shape index (κ1) is 16.5. The van der Waals surface area contributed by atoms with Gasteiger partial charge in [-0.2, -0.15) is 13.1 Å². The summed E-state index contributed by atoms with van der Waals surface area (Å²) in [5, 5.41) is 8.69. The van der Waals surface area contributed by atoms with Crippen molar-refractivity contribution in [2.24, 2.45) is 0 Å². The summed E-state index contributed by atoms with van der Waals surface area (Å²) >= 11 is 0. The Balaban J connectivity index is 2.82. The van der Waals surface area contributed by atoms with Gasteiger partial charge >= 0.3 is 0 Å². The predicted molar refractivity (Wildman–Crippen MR) is 77.6 cm³/mol. The largest absolute Gasteiger partial charge is 0.384 e. The van der Waals surface area contributed by atoms with Crippen LogP contribution in [0, 0.1) is 18.8 Å². The van der Waals surface area contributed by atoms with Gasteiger partial charge in [-0.3, -0.25) is 4.72 Å². The Morgan fingerprint density at radius 3 is 2.80 bits per heavy atom. The molecule has 0 unspecified atom stereocenters. The molecule has 0 spiro atoms. The molecule has 20 heavy (non-hydrogen) atoms. The third-order valence-electron chi connectivity index (χ3n) is 2.39. The van der Waals surface area contributed by atoms with E-state index in [9.17, 15) is 8.42 Å². The van der Waals surface area contributed by atoms with Crippen LogP contribution in [0.4, 0.5) is 5.69 Å². The minimum absolute atomic E-state index is 0.189. The van der Waals surface area contributed by atoms with Crippen molar-refractivity contribution in [1.82, 2.24) is 4.72 Å². The van der Waals surface area contributed by atoms with Crippen LogP contribution in [-0.4, -0.2) is 40.4 Å². The van der Waals surface area contributed by atoms with Crippen LogP contribution in [-0.2, 0) is 14.9 Å². The number of hydrogen-bond acceptors (Lipinski definition) is 4. The Bertz CT molecular complexity index is 603. The average molecular weight is 298 g/mol. The number of ether oxygens (including phenoxy) is 1. The average Bonchev–Trinajstić information content (AvgIpc) is 2.39. The van der Waals surface area contributed by atoms with Gasteiger partial charge in [-0.25, -0.2) is 0 Å². The monoisotopic (exact) mass is 298 g/mol. The maximum absolute atomic E-state index is 11.7. The molecule has 0 saturated carbocycles. The van der Waals surface area contributed by atoms with E-state index in [0.717, 1.165) is 5.56 Å². The number of anilines is 1. The minimum Gasteiger partial charge on any atom is -0.384 e. The van der Waals surface area contributed by atoms with E-state index in [-0.39, 0.29) is 13.2 Å². The first-order valence-electron chi connectivity index (χ1n) is 5.95. The van der Waals surface area contributed by atoms with Gasteiger partial charge in [-0.05, 0) is 24.6 Å². The molecule has 0 aliphatic carbocycles. The second kappa shape index (κ2) is 7.87. The summed E-state index contributed by atoms with van der Waals surface area (Å²) in [7, 11) is -2.14. The van der Waals surface area contributed by atoms with Gasteiger partial charge in [0.2, 0.25) is 0 Å². The maximum Gasteiger partial charge on any atom is 0.299 e. The second-order valence-corrected chi connectivity index (χ2v) is 5.48. The molecule has 0 heterocycles. The van der Waals surface area contributed by atoms with Crippen LogP contribution in [0.25, 0.3) is 0 Å². The van der Waals surface area contributed by atoms with Crippen LogP contribution < -0.4 is 9.44 Å². The Morgan fingerprint density at radius 2 is 2.15 bits per heavy atom.